The zero-order valence-corrected chi connectivity index (χ0v) is 24.4. The summed E-state index contributed by atoms with van der Waals surface area (Å²) < 4.78 is 12.2. The Morgan fingerprint density at radius 3 is 2.51 bits per heavy atom. The van der Waals surface area contributed by atoms with Crippen LogP contribution in [-0.2, 0) is 16.0 Å². The van der Waals surface area contributed by atoms with Gasteiger partial charge in [-0.15, -0.1) is 0 Å². The van der Waals surface area contributed by atoms with Crippen molar-refractivity contribution in [3.63, 3.8) is 0 Å². The summed E-state index contributed by atoms with van der Waals surface area (Å²) in [5.74, 6) is 0.399. The SMILES string of the molecule is [N-]=[N+]=Nc1ccccc1C[C@@]1(C(=O)Nc2ccccc2)N=C(c2ccc(OCCCO)cc2)O[C@@H]1c1ccc(Cl)cc1Cl. The molecule has 0 saturated carbocycles. The molecule has 43 heavy (non-hydrogen) atoms. The molecule has 9 nitrogen and oxygen atoms in total. The number of halogens is 2. The maximum Gasteiger partial charge on any atom is 0.257 e. The molecule has 0 radical (unpaired) electrons. The molecule has 5 rings (SSSR count). The van der Waals surface area contributed by atoms with Crippen LogP contribution in [0.4, 0.5) is 11.4 Å². The largest absolute Gasteiger partial charge is 0.494 e. The summed E-state index contributed by atoms with van der Waals surface area (Å²) in [4.78, 5) is 22.4. The van der Waals surface area contributed by atoms with Crippen molar-refractivity contribution in [1.82, 2.24) is 0 Å². The fraction of sp³-hybridized carbons (Fsp3) is 0.188. The average Bonchev–Trinajstić information content (AvgIpc) is 3.39. The Morgan fingerprint density at radius 1 is 1.05 bits per heavy atom. The molecule has 0 spiro atoms. The van der Waals surface area contributed by atoms with Crippen LogP contribution in [0, 0.1) is 0 Å². The molecule has 0 fully saturated rings. The number of aliphatic hydroxyl groups is 1. The molecule has 218 valence electrons. The highest BCUT2D eigenvalue weighted by molar-refractivity contribution is 6.35. The van der Waals surface area contributed by atoms with Gasteiger partial charge in [-0.2, -0.15) is 0 Å². The van der Waals surface area contributed by atoms with Gasteiger partial charge in [0.05, 0.1) is 6.61 Å². The number of nitrogens with one attached hydrogen (secondary N) is 1. The lowest BCUT2D eigenvalue weighted by atomic mass is 9.81. The maximum absolute atomic E-state index is 14.4. The number of hydrogen-bond acceptors (Lipinski definition) is 6. The number of ether oxygens (including phenoxy) is 2. The van der Waals surface area contributed by atoms with Gasteiger partial charge in [0, 0.05) is 56.9 Å². The lowest BCUT2D eigenvalue weighted by molar-refractivity contribution is -0.123. The van der Waals surface area contributed by atoms with E-state index in [9.17, 15) is 10.3 Å². The van der Waals surface area contributed by atoms with Crippen molar-refractivity contribution in [3.05, 3.63) is 134 Å². The second-order valence-electron chi connectivity index (χ2n) is 9.77. The van der Waals surface area contributed by atoms with E-state index in [-0.39, 0.29) is 18.9 Å². The van der Waals surface area contributed by atoms with Crippen LogP contribution >= 0.6 is 23.2 Å². The van der Waals surface area contributed by atoms with Crippen molar-refractivity contribution in [1.29, 1.82) is 0 Å². The smallest absolute Gasteiger partial charge is 0.257 e. The van der Waals surface area contributed by atoms with Crippen LogP contribution in [0.5, 0.6) is 5.75 Å². The average molecular weight is 617 g/mol. The fourth-order valence-electron chi connectivity index (χ4n) is 4.83. The molecule has 0 bridgehead atoms. The van der Waals surface area contributed by atoms with Crippen LogP contribution in [0.25, 0.3) is 10.4 Å². The number of anilines is 1. The number of aliphatic imine (C=N–C) groups is 1. The number of nitrogens with zero attached hydrogens (tertiary/aromatic N) is 4. The fourth-order valence-corrected chi connectivity index (χ4v) is 5.34. The van der Waals surface area contributed by atoms with E-state index in [2.05, 4.69) is 15.3 Å². The van der Waals surface area contributed by atoms with Crippen LogP contribution in [-0.4, -0.2) is 35.7 Å². The zero-order valence-electron chi connectivity index (χ0n) is 22.9. The van der Waals surface area contributed by atoms with Crippen molar-refractivity contribution in [2.45, 2.75) is 24.5 Å². The van der Waals surface area contributed by atoms with Crippen molar-refractivity contribution in [2.75, 3.05) is 18.5 Å². The maximum atomic E-state index is 14.4. The molecule has 2 atom stereocenters. The predicted molar refractivity (Wildman–Crippen MR) is 167 cm³/mol. The topological polar surface area (TPSA) is 129 Å². The Kier molecular flexibility index (Phi) is 9.49. The van der Waals surface area contributed by atoms with Gasteiger partial charge in [-0.3, -0.25) is 4.79 Å². The van der Waals surface area contributed by atoms with Crippen LogP contribution in [0.3, 0.4) is 0 Å². The number of azide groups is 1. The molecule has 0 aliphatic carbocycles. The molecular weight excluding hydrogens is 589 g/mol. The summed E-state index contributed by atoms with van der Waals surface area (Å²) in [6.45, 7) is 0.408. The highest BCUT2D eigenvalue weighted by atomic mass is 35.5. The number of carbonyl (C=O) groups excluding carboxylic acids is 1. The minimum absolute atomic E-state index is 0.0241. The normalized spacial score (nSPS) is 17.4. The second-order valence-corrected chi connectivity index (χ2v) is 10.6. The molecule has 0 unspecified atom stereocenters. The molecule has 1 heterocycles. The minimum Gasteiger partial charge on any atom is -0.494 e. The quantitative estimate of drug-likeness (QED) is 0.0770. The van der Waals surface area contributed by atoms with Crippen molar-refractivity contribution < 1.29 is 19.4 Å². The first kappa shape index (κ1) is 29.9. The highest BCUT2D eigenvalue weighted by Crippen LogP contribution is 2.46. The number of para-hydroxylation sites is 1. The third kappa shape index (κ3) is 6.77. The van der Waals surface area contributed by atoms with E-state index in [1.54, 1.807) is 78.9 Å². The number of rotatable bonds is 11. The van der Waals surface area contributed by atoms with Crippen LogP contribution in [0.2, 0.25) is 10.0 Å². The Morgan fingerprint density at radius 2 is 1.79 bits per heavy atom. The first-order valence-corrected chi connectivity index (χ1v) is 14.2. The van der Waals surface area contributed by atoms with Gasteiger partial charge in [-0.1, -0.05) is 76.8 Å². The monoisotopic (exact) mass is 615 g/mol. The standard InChI is InChI=1S/C32H27Cl2N5O4/c33-23-13-16-26(27(34)19-23)29-32(31(41)36-24-8-2-1-3-9-24,20-22-7-4-5-10-28(22)38-39-35)37-30(43-29)21-11-14-25(15-12-21)42-18-6-17-40/h1-5,7-16,19,29,40H,6,17-18,20H2,(H,36,41)/t29-,32-/m1/s1. The van der Waals surface area contributed by atoms with E-state index >= 15 is 0 Å². The molecule has 0 aromatic heterocycles. The third-order valence-corrected chi connectivity index (χ3v) is 7.47. The number of benzene rings is 4. The van der Waals surface area contributed by atoms with Crippen LogP contribution in [0.1, 0.15) is 29.2 Å². The predicted octanol–water partition coefficient (Wildman–Crippen LogP) is 7.83. The molecule has 4 aromatic carbocycles. The van der Waals surface area contributed by atoms with Gasteiger partial charge in [-0.05, 0) is 59.6 Å². The first-order valence-electron chi connectivity index (χ1n) is 13.5. The summed E-state index contributed by atoms with van der Waals surface area (Å²) in [5, 5.41) is 16.6. The molecule has 2 N–H and O–H groups in total. The van der Waals surface area contributed by atoms with Gasteiger partial charge in [0.2, 0.25) is 5.90 Å². The van der Waals surface area contributed by atoms with Gasteiger partial charge in [0.25, 0.3) is 5.91 Å². The zero-order chi connectivity index (χ0) is 30.2. The number of amides is 1. The van der Waals surface area contributed by atoms with Gasteiger partial charge < -0.3 is 19.9 Å². The van der Waals surface area contributed by atoms with Gasteiger partial charge >= 0.3 is 0 Å². The molecule has 1 aliphatic heterocycles. The number of hydrogen-bond donors (Lipinski definition) is 2. The Balaban J connectivity index is 1.65. The van der Waals surface area contributed by atoms with E-state index in [1.165, 1.54) is 0 Å². The number of aliphatic hydroxyl groups excluding tert-OH is 1. The van der Waals surface area contributed by atoms with Crippen LogP contribution in [0.15, 0.2) is 107 Å². The summed E-state index contributed by atoms with van der Waals surface area (Å²) in [7, 11) is 0. The van der Waals surface area contributed by atoms with E-state index in [1.807, 2.05) is 18.2 Å². The van der Waals surface area contributed by atoms with Gasteiger partial charge in [0.15, 0.2) is 11.6 Å². The van der Waals surface area contributed by atoms with E-state index in [0.717, 1.165) is 0 Å². The van der Waals surface area contributed by atoms with Crippen LogP contribution < -0.4 is 10.1 Å². The lowest BCUT2D eigenvalue weighted by Gasteiger charge is -2.31. The van der Waals surface area contributed by atoms with Crippen molar-refractivity contribution in [2.24, 2.45) is 10.1 Å². The summed E-state index contributed by atoms with van der Waals surface area (Å²) in [5.41, 5.74) is 10.3. The molecule has 0 saturated heterocycles. The summed E-state index contributed by atoms with van der Waals surface area (Å²) >= 11 is 12.9. The molecular formula is C32H27Cl2N5O4. The lowest BCUT2D eigenvalue weighted by Crippen LogP contribution is -2.46. The molecule has 4 aromatic rings. The van der Waals surface area contributed by atoms with Gasteiger partial charge in [-0.25, -0.2) is 4.99 Å². The van der Waals surface area contributed by atoms with Crippen molar-refractivity contribution in [3.8, 4) is 5.75 Å². The van der Waals surface area contributed by atoms with Gasteiger partial charge in [0.1, 0.15) is 5.75 Å². The molecule has 11 heteroatoms. The summed E-state index contributed by atoms with van der Waals surface area (Å²) in [6.07, 6.45) is -0.441. The summed E-state index contributed by atoms with van der Waals surface area (Å²) in [6, 6.07) is 28.1. The Hall–Kier alpha value is -4.53. The first-order chi connectivity index (χ1) is 20.9. The molecule has 1 aliphatic rings. The van der Waals surface area contributed by atoms with E-state index < -0.39 is 17.6 Å². The Labute approximate surface area is 258 Å². The third-order valence-electron chi connectivity index (χ3n) is 6.91. The Bertz CT molecular complexity index is 1680. The molecule has 1 amide bonds. The van der Waals surface area contributed by atoms with E-state index in [0.29, 0.717) is 56.9 Å². The van der Waals surface area contributed by atoms with Crippen molar-refractivity contribution >= 4 is 46.4 Å². The number of carbonyl (C=O) groups is 1. The second kappa shape index (κ2) is 13.6. The van der Waals surface area contributed by atoms with E-state index in [4.69, 9.17) is 42.8 Å². The minimum atomic E-state index is -1.58. The highest BCUT2D eigenvalue weighted by Gasteiger charge is 2.54.